The van der Waals surface area contributed by atoms with Crippen LogP contribution in [0.4, 0.5) is 10.5 Å². The van der Waals surface area contributed by atoms with E-state index in [0.29, 0.717) is 12.3 Å². The van der Waals surface area contributed by atoms with E-state index in [0.717, 1.165) is 28.1 Å². The lowest BCUT2D eigenvalue weighted by atomic mass is 10.1. The van der Waals surface area contributed by atoms with Crippen LogP contribution in [0.3, 0.4) is 0 Å². The molecule has 0 aliphatic carbocycles. The Balaban J connectivity index is 1.58. The fraction of sp³-hybridized carbons (Fsp3) is 0.190. The number of nitrogens with zero attached hydrogens (tertiary/aromatic N) is 1. The number of hydrogen-bond donors (Lipinski definition) is 4. The minimum absolute atomic E-state index is 0.0335. The summed E-state index contributed by atoms with van der Waals surface area (Å²) in [4.78, 5) is 14.1. The minimum atomic E-state index is -0.274. The zero-order valence-electron chi connectivity index (χ0n) is 15.3. The molecule has 2 aliphatic heterocycles. The summed E-state index contributed by atoms with van der Waals surface area (Å²) >= 11 is 0. The first-order chi connectivity index (χ1) is 13.7. The van der Waals surface area contributed by atoms with E-state index in [1.165, 1.54) is 0 Å². The maximum atomic E-state index is 12.5. The molecule has 0 fully saturated rings. The minimum Gasteiger partial charge on any atom is -0.491 e. The monoisotopic (exact) mass is 378 g/mol. The molecule has 2 aliphatic rings. The predicted octanol–water partition coefficient (Wildman–Crippen LogP) is 1.90. The third-order valence-electron chi connectivity index (χ3n) is 4.66. The van der Waals surface area contributed by atoms with Crippen LogP contribution in [0, 0.1) is 0 Å². The van der Waals surface area contributed by atoms with E-state index in [4.69, 9.17) is 15.6 Å². The van der Waals surface area contributed by atoms with Crippen molar-refractivity contribution in [1.82, 2.24) is 10.6 Å². The molecular weight excluding hydrogens is 356 g/mol. The molecule has 0 aromatic heterocycles. The Labute approximate surface area is 163 Å². The van der Waals surface area contributed by atoms with E-state index in [-0.39, 0.29) is 25.4 Å². The van der Waals surface area contributed by atoms with Crippen LogP contribution in [0.1, 0.15) is 11.1 Å². The van der Waals surface area contributed by atoms with E-state index in [9.17, 15) is 4.79 Å². The summed E-state index contributed by atoms with van der Waals surface area (Å²) in [5.74, 6) is 0.684. The topological polar surface area (TPSA) is 99.8 Å². The van der Waals surface area contributed by atoms with Gasteiger partial charge in [-0.3, -0.25) is 4.90 Å². The fourth-order valence-corrected chi connectivity index (χ4v) is 3.23. The van der Waals surface area contributed by atoms with Gasteiger partial charge < -0.3 is 26.2 Å². The Morgan fingerprint density at radius 3 is 2.71 bits per heavy atom. The summed E-state index contributed by atoms with van der Waals surface area (Å²) in [6.45, 7) is 0.679. The second-order valence-corrected chi connectivity index (χ2v) is 6.55. The maximum absolute atomic E-state index is 12.5. The number of aliphatic hydroxyl groups is 1. The number of rotatable bonds is 6. The summed E-state index contributed by atoms with van der Waals surface area (Å²) in [5, 5.41) is 15.2. The van der Waals surface area contributed by atoms with Gasteiger partial charge in [0.25, 0.3) is 0 Å². The highest BCUT2D eigenvalue weighted by atomic mass is 16.5. The molecule has 0 saturated heterocycles. The van der Waals surface area contributed by atoms with Gasteiger partial charge in [-0.05, 0) is 35.9 Å². The summed E-state index contributed by atoms with van der Waals surface area (Å²) < 4.78 is 5.48. The third kappa shape index (κ3) is 3.58. The van der Waals surface area contributed by atoms with Crippen molar-refractivity contribution in [2.75, 3.05) is 18.1 Å². The highest BCUT2D eigenvalue weighted by Crippen LogP contribution is 2.29. The number of fused-ring (bicyclic) bond motifs is 1. The van der Waals surface area contributed by atoms with E-state index in [2.05, 4.69) is 10.6 Å². The Kier molecular flexibility index (Phi) is 5.01. The molecule has 1 atom stereocenters. The van der Waals surface area contributed by atoms with Crippen molar-refractivity contribution in [3.8, 4) is 5.75 Å². The predicted molar refractivity (Wildman–Crippen MR) is 107 cm³/mol. The van der Waals surface area contributed by atoms with Gasteiger partial charge in [0.1, 0.15) is 18.5 Å². The number of ether oxygens (including phenoxy) is 1. The summed E-state index contributed by atoms with van der Waals surface area (Å²) in [6, 6.07) is 15.0. The van der Waals surface area contributed by atoms with Gasteiger partial charge in [0.05, 0.1) is 12.3 Å². The second-order valence-electron chi connectivity index (χ2n) is 6.55. The molecule has 4 rings (SSSR count). The van der Waals surface area contributed by atoms with Gasteiger partial charge in [0.2, 0.25) is 0 Å². The summed E-state index contributed by atoms with van der Waals surface area (Å²) in [6.07, 6.45) is 3.58. The van der Waals surface area contributed by atoms with Gasteiger partial charge >= 0.3 is 6.03 Å². The highest BCUT2D eigenvalue weighted by Gasteiger charge is 2.31. The Morgan fingerprint density at radius 1 is 1.14 bits per heavy atom. The largest absolute Gasteiger partial charge is 0.491 e. The Hall–Kier alpha value is -3.29. The Bertz CT molecular complexity index is 937. The molecule has 28 heavy (non-hydrogen) atoms. The quantitative estimate of drug-likeness (QED) is 0.615. The van der Waals surface area contributed by atoms with Gasteiger partial charge in [0, 0.05) is 29.6 Å². The van der Waals surface area contributed by atoms with Crippen molar-refractivity contribution in [2.24, 2.45) is 5.73 Å². The molecule has 2 aromatic rings. The van der Waals surface area contributed by atoms with Gasteiger partial charge in [-0.15, -0.1) is 0 Å². The number of amides is 2. The van der Waals surface area contributed by atoms with Gasteiger partial charge in [-0.1, -0.05) is 24.3 Å². The van der Waals surface area contributed by atoms with Crippen molar-refractivity contribution in [1.29, 1.82) is 0 Å². The third-order valence-corrected chi connectivity index (χ3v) is 4.66. The first-order valence-electron chi connectivity index (χ1n) is 9.11. The van der Waals surface area contributed by atoms with Gasteiger partial charge in [-0.25, -0.2) is 4.79 Å². The van der Waals surface area contributed by atoms with Crippen molar-refractivity contribution in [3.05, 3.63) is 77.5 Å². The lowest BCUT2D eigenvalue weighted by Gasteiger charge is -2.29. The molecule has 7 heteroatoms. The van der Waals surface area contributed by atoms with Crippen molar-refractivity contribution in [2.45, 2.75) is 12.7 Å². The number of carbonyl (C=O) groups excluding carboxylic acids is 1. The molecule has 5 N–H and O–H groups in total. The van der Waals surface area contributed by atoms with Crippen molar-refractivity contribution in [3.63, 3.8) is 0 Å². The summed E-state index contributed by atoms with van der Waals surface area (Å²) in [5.41, 5.74) is 10.2. The molecule has 0 radical (unpaired) electrons. The number of hydrogen-bond acceptors (Lipinski definition) is 5. The van der Waals surface area contributed by atoms with E-state index < -0.39 is 0 Å². The maximum Gasteiger partial charge on any atom is 0.327 e. The second kappa shape index (κ2) is 7.75. The molecule has 2 aromatic carbocycles. The number of benzene rings is 2. The van der Waals surface area contributed by atoms with Crippen LogP contribution in [0.15, 0.2) is 66.4 Å². The first-order valence-corrected chi connectivity index (χ1v) is 9.11. The molecule has 1 unspecified atom stereocenters. The van der Waals surface area contributed by atoms with Crippen LogP contribution >= 0.6 is 0 Å². The van der Waals surface area contributed by atoms with Crippen molar-refractivity contribution < 1.29 is 14.6 Å². The molecular formula is C21H22N4O3. The zero-order valence-corrected chi connectivity index (χ0v) is 15.3. The van der Waals surface area contributed by atoms with Crippen LogP contribution in [-0.4, -0.2) is 30.5 Å². The smallest absolute Gasteiger partial charge is 0.327 e. The van der Waals surface area contributed by atoms with Gasteiger partial charge in [-0.2, -0.15) is 0 Å². The standard InChI is InChI=1S/C21H22N4O3/c22-12-14-4-6-17(7-5-14)25-13-16-11-19(23-20(16)24-21(25)27)15-2-1-3-18(10-15)28-9-8-26/h1-7,10-11,13,20,23,26H,8-9,12,22H2,(H,24,27). The molecule has 2 heterocycles. The molecule has 0 saturated carbocycles. The van der Waals surface area contributed by atoms with Crippen LogP contribution in [0.5, 0.6) is 5.75 Å². The Morgan fingerprint density at radius 2 is 1.96 bits per heavy atom. The lowest BCUT2D eigenvalue weighted by Crippen LogP contribution is -2.51. The zero-order chi connectivity index (χ0) is 19.5. The molecule has 7 nitrogen and oxygen atoms in total. The number of nitrogens with two attached hydrogens (primary N) is 1. The fourth-order valence-electron chi connectivity index (χ4n) is 3.23. The molecule has 0 bridgehead atoms. The van der Waals surface area contributed by atoms with E-state index in [1.54, 1.807) is 4.90 Å². The number of aliphatic hydroxyl groups excluding tert-OH is 1. The highest BCUT2D eigenvalue weighted by molar-refractivity contribution is 5.96. The molecule has 144 valence electrons. The number of urea groups is 1. The molecule has 2 amide bonds. The average Bonchev–Trinajstić information content (AvgIpc) is 3.15. The van der Waals surface area contributed by atoms with Crippen LogP contribution in [0.2, 0.25) is 0 Å². The number of carbonyl (C=O) groups is 1. The van der Waals surface area contributed by atoms with Crippen LogP contribution < -0.4 is 26.0 Å². The first kappa shape index (κ1) is 18.1. The average molecular weight is 378 g/mol. The van der Waals surface area contributed by atoms with E-state index >= 15 is 0 Å². The number of anilines is 1. The lowest BCUT2D eigenvalue weighted by molar-refractivity contribution is 0.201. The SMILES string of the molecule is NCc1ccc(N2C=C3C=C(c4cccc(OCCO)c4)NC3NC2=O)cc1. The van der Waals surface area contributed by atoms with E-state index in [1.807, 2.05) is 60.8 Å². The van der Waals surface area contributed by atoms with Crippen LogP contribution in [-0.2, 0) is 6.54 Å². The van der Waals surface area contributed by atoms with Gasteiger partial charge in [0.15, 0.2) is 0 Å². The number of nitrogens with one attached hydrogen (secondary N) is 2. The normalized spacial score (nSPS) is 18.0. The van der Waals surface area contributed by atoms with Crippen LogP contribution in [0.25, 0.3) is 5.70 Å². The van der Waals surface area contributed by atoms with Crippen molar-refractivity contribution >= 4 is 17.4 Å². The molecule has 0 spiro atoms. The summed E-state index contributed by atoms with van der Waals surface area (Å²) in [7, 11) is 0.